The fourth-order valence-corrected chi connectivity index (χ4v) is 3.73. The number of hydrogen-bond acceptors (Lipinski definition) is 5. The highest BCUT2D eigenvalue weighted by Gasteiger charge is 2.25. The second kappa shape index (κ2) is 14.3. The molecule has 2 atom stereocenters. The lowest BCUT2D eigenvalue weighted by Crippen LogP contribution is -2.50. The molecule has 0 fully saturated rings. The molecule has 0 radical (unpaired) electrons. The van der Waals surface area contributed by atoms with Gasteiger partial charge in [0.25, 0.3) is 11.8 Å². The van der Waals surface area contributed by atoms with Gasteiger partial charge in [-0.3, -0.25) is 9.59 Å². The lowest BCUT2D eigenvalue weighted by molar-refractivity contribution is -0.132. The number of nitrogens with zero attached hydrogens (tertiary/aromatic N) is 1. The molecule has 2 amide bonds. The van der Waals surface area contributed by atoms with Gasteiger partial charge in [0.2, 0.25) is 0 Å². The van der Waals surface area contributed by atoms with E-state index in [0.717, 1.165) is 23.3 Å². The topological polar surface area (TPSA) is 89.0 Å². The minimum Gasteiger partial charge on any atom is -0.494 e. The van der Waals surface area contributed by atoms with Crippen molar-refractivity contribution in [3.63, 3.8) is 0 Å². The van der Waals surface area contributed by atoms with E-state index in [1.807, 2.05) is 61.5 Å². The summed E-state index contributed by atoms with van der Waals surface area (Å²) in [7, 11) is 0. The van der Waals surface area contributed by atoms with Crippen LogP contribution in [0.1, 0.15) is 31.4 Å². The number of amides is 2. The Bertz CT molecular complexity index is 1200. The van der Waals surface area contributed by atoms with Gasteiger partial charge in [-0.2, -0.15) is 5.10 Å². The highest BCUT2D eigenvalue weighted by atomic mass is 35.5. The monoisotopic (exact) mass is 541 g/mol. The summed E-state index contributed by atoms with van der Waals surface area (Å²) in [5, 5.41) is 7.55. The van der Waals surface area contributed by atoms with Crippen LogP contribution >= 0.6 is 23.2 Å². The Hall–Kier alpha value is -3.55. The van der Waals surface area contributed by atoms with Crippen LogP contribution in [0.25, 0.3) is 0 Å². The summed E-state index contributed by atoms with van der Waals surface area (Å²) in [6.45, 7) is 4.26. The predicted octanol–water partition coefficient (Wildman–Crippen LogP) is 5.43. The molecule has 3 aromatic rings. The van der Waals surface area contributed by atoms with Gasteiger partial charge < -0.3 is 14.8 Å². The largest absolute Gasteiger partial charge is 0.494 e. The van der Waals surface area contributed by atoms with Crippen molar-refractivity contribution in [1.82, 2.24) is 10.7 Å². The highest BCUT2D eigenvalue weighted by molar-refractivity contribution is 6.35. The number of rotatable bonds is 12. The normalized spacial score (nSPS) is 12.5. The SMILES string of the molecule is CCCOc1ccc(/C=N\NC(=O)[C@H](Cc2ccccc2)NC(=O)[C@H](C)Oc2ccc(Cl)cc2Cl)cc1. The second-order valence-electron chi connectivity index (χ2n) is 8.24. The molecule has 0 aromatic heterocycles. The van der Waals surface area contributed by atoms with Gasteiger partial charge in [0.15, 0.2) is 6.10 Å². The fourth-order valence-electron chi connectivity index (χ4n) is 3.28. The minimum atomic E-state index is -0.915. The van der Waals surface area contributed by atoms with Crippen molar-refractivity contribution in [1.29, 1.82) is 0 Å². The van der Waals surface area contributed by atoms with Crippen molar-refractivity contribution in [2.45, 2.75) is 38.8 Å². The molecule has 0 spiro atoms. The van der Waals surface area contributed by atoms with E-state index in [1.165, 1.54) is 12.3 Å². The number of halogens is 2. The third-order valence-electron chi connectivity index (χ3n) is 5.22. The Morgan fingerprint density at radius 2 is 1.73 bits per heavy atom. The van der Waals surface area contributed by atoms with E-state index in [1.54, 1.807) is 19.1 Å². The predicted molar refractivity (Wildman–Crippen MR) is 147 cm³/mol. The molecule has 9 heteroatoms. The first-order chi connectivity index (χ1) is 17.9. The van der Waals surface area contributed by atoms with Crippen molar-refractivity contribution >= 4 is 41.2 Å². The molecule has 7 nitrogen and oxygen atoms in total. The van der Waals surface area contributed by atoms with Gasteiger partial charge in [-0.15, -0.1) is 0 Å². The smallest absolute Gasteiger partial charge is 0.262 e. The first-order valence-electron chi connectivity index (χ1n) is 11.9. The van der Waals surface area contributed by atoms with E-state index < -0.39 is 24.0 Å². The van der Waals surface area contributed by atoms with E-state index in [0.29, 0.717) is 17.4 Å². The van der Waals surface area contributed by atoms with Crippen LogP contribution < -0.4 is 20.2 Å². The summed E-state index contributed by atoms with van der Waals surface area (Å²) < 4.78 is 11.3. The molecular weight excluding hydrogens is 513 g/mol. The molecule has 37 heavy (non-hydrogen) atoms. The zero-order valence-corrected chi connectivity index (χ0v) is 22.1. The molecular formula is C28H29Cl2N3O4. The molecule has 0 aliphatic rings. The van der Waals surface area contributed by atoms with Gasteiger partial charge in [0.1, 0.15) is 17.5 Å². The molecule has 0 saturated carbocycles. The van der Waals surface area contributed by atoms with E-state index in [2.05, 4.69) is 15.8 Å². The molecule has 194 valence electrons. The lowest BCUT2D eigenvalue weighted by Gasteiger charge is -2.21. The van der Waals surface area contributed by atoms with Crippen molar-refractivity contribution in [2.24, 2.45) is 5.10 Å². The van der Waals surface area contributed by atoms with Gasteiger partial charge in [-0.1, -0.05) is 60.5 Å². The summed E-state index contributed by atoms with van der Waals surface area (Å²) in [6, 6.07) is 20.6. The summed E-state index contributed by atoms with van der Waals surface area (Å²) in [5.41, 5.74) is 4.18. The van der Waals surface area contributed by atoms with Crippen LogP contribution in [0.4, 0.5) is 0 Å². The molecule has 3 aromatic carbocycles. The lowest BCUT2D eigenvalue weighted by atomic mass is 10.1. The molecule has 0 saturated heterocycles. The van der Waals surface area contributed by atoms with Gasteiger partial charge in [-0.25, -0.2) is 5.43 Å². The summed E-state index contributed by atoms with van der Waals surface area (Å²) in [5.74, 6) is 0.139. The van der Waals surface area contributed by atoms with Crippen molar-refractivity contribution in [3.05, 3.63) is 94.0 Å². The number of hydrazone groups is 1. The zero-order valence-electron chi connectivity index (χ0n) is 20.6. The van der Waals surface area contributed by atoms with Crippen LogP contribution in [0.5, 0.6) is 11.5 Å². The highest BCUT2D eigenvalue weighted by Crippen LogP contribution is 2.28. The first kappa shape index (κ1) is 28.0. The third kappa shape index (κ3) is 9.12. The Labute approximate surface area is 226 Å². The van der Waals surface area contributed by atoms with Crippen molar-refractivity contribution < 1.29 is 19.1 Å². The third-order valence-corrected chi connectivity index (χ3v) is 5.75. The molecule has 3 rings (SSSR count). The number of carbonyl (C=O) groups is 2. The summed E-state index contributed by atoms with van der Waals surface area (Å²) in [4.78, 5) is 25.9. The van der Waals surface area contributed by atoms with Crippen LogP contribution in [0.3, 0.4) is 0 Å². The second-order valence-corrected chi connectivity index (χ2v) is 9.08. The number of nitrogens with one attached hydrogen (secondary N) is 2. The van der Waals surface area contributed by atoms with E-state index in [-0.39, 0.29) is 11.4 Å². The number of ether oxygens (including phenoxy) is 2. The standard InChI is InChI=1S/C28H29Cl2N3O4/c1-3-15-36-23-12-9-21(10-13-23)18-31-33-28(35)25(16-20-7-5-4-6-8-20)32-27(34)19(2)37-26-14-11-22(29)17-24(26)30/h4-14,17-19,25H,3,15-16H2,1-2H3,(H,32,34)(H,33,35)/b31-18-/t19-,25-/m0/s1. The summed E-state index contributed by atoms with van der Waals surface area (Å²) in [6.07, 6.45) is 1.81. The minimum absolute atomic E-state index is 0.270. The van der Waals surface area contributed by atoms with E-state index in [4.69, 9.17) is 32.7 Å². The Balaban J connectivity index is 1.64. The fraction of sp³-hybridized carbons (Fsp3) is 0.250. The van der Waals surface area contributed by atoms with E-state index >= 15 is 0 Å². The van der Waals surface area contributed by atoms with Crippen LogP contribution in [-0.4, -0.2) is 36.8 Å². The average molecular weight is 542 g/mol. The van der Waals surface area contributed by atoms with Gasteiger partial charge in [0.05, 0.1) is 17.8 Å². The van der Waals surface area contributed by atoms with Crippen molar-refractivity contribution in [2.75, 3.05) is 6.61 Å². The first-order valence-corrected chi connectivity index (χ1v) is 12.6. The van der Waals surface area contributed by atoms with Gasteiger partial charge in [0, 0.05) is 11.4 Å². The molecule has 0 bridgehead atoms. The van der Waals surface area contributed by atoms with Crippen LogP contribution in [0.2, 0.25) is 10.0 Å². The molecule has 0 aliphatic carbocycles. The van der Waals surface area contributed by atoms with Gasteiger partial charge in [-0.05, 0) is 66.9 Å². The maximum Gasteiger partial charge on any atom is 0.262 e. The Kier molecular flexibility index (Phi) is 10.8. The average Bonchev–Trinajstić information content (AvgIpc) is 2.89. The maximum atomic E-state index is 13.0. The number of hydrogen-bond donors (Lipinski definition) is 2. The Morgan fingerprint density at radius 3 is 2.41 bits per heavy atom. The van der Waals surface area contributed by atoms with Gasteiger partial charge >= 0.3 is 0 Å². The molecule has 0 heterocycles. The van der Waals surface area contributed by atoms with Crippen LogP contribution in [-0.2, 0) is 16.0 Å². The van der Waals surface area contributed by atoms with Crippen LogP contribution in [0.15, 0.2) is 77.9 Å². The van der Waals surface area contributed by atoms with Crippen LogP contribution in [0, 0.1) is 0 Å². The Morgan fingerprint density at radius 1 is 1.00 bits per heavy atom. The maximum absolute atomic E-state index is 13.0. The van der Waals surface area contributed by atoms with Crippen molar-refractivity contribution in [3.8, 4) is 11.5 Å². The number of carbonyl (C=O) groups excluding carboxylic acids is 2. The molecule has 0 aliphatic heterocycles. The molecule has 0 unspecified atom stereocenters. The zero-order chi connectivity index (χ0) is 26.6. The summed E-state index contributed by atoms with van der Waals surface area (Å²) >= 11 is 12.1. The quantitative estimate of drug-likeness (QED) is 0.236. The number of benzene rings is 3. The molecule has 2 N–H and O–H groups in total. The van der Waals surface area contributed by atoms with E-state index in [9.17, 15) is 9.59 Å².